The molecule has 0 saturated heterocycles. The minimum Gasteiger partial charge on any atom is -0.394 e. The number of halogens is 1. The van der Waals surface area contributed by atoms with Crippen LogP contribution < -0.4 is 0 Å². The van der Waals surface area contributed by atoms with Crippen molar-refractivity contribution in [1.29, 1.82) is 0 Å². The number of nitrogens with zero attached hydrogens (tertiary/aromatic N) is 2. The van der Waals surface area contributed by atoms with Crippen LogP contribution in [0.2, 0.25) is 5.02 Å². The summed E-state index contributed by atoms with van der Waals surface area (Å²) >= 11 is 6.14. The van der Waals surface area contributed by atoms with Crippen LogP contribution in [0.15, 0.2) is 42.6 Å². The first-order valence-corrected chi connectivity index (χ1v) is 8.02. The maximum Gasteiger partial charge on any atom is 0.254 e. The van der Waals surface area contributed by atoms with Gasteiger partial charge in [0.2, 0.25) is 0 Å². The molecular weight excluding hydrogens is 312 g/mol. The SMILES string of the molecule is CC[C@H](CO)N(Cc1ccccn1)C(=O)c1ccc(C)c(Cl)c1. The first-order valence-electron chi connectivity index (χ1n) is 7.64. The Bertz CT molecular complexity index is 657. The third-order valence-corrected chi connectivity index (χ3v) is 4.27. The second kappa shape index (κ2) is 8.09. The zero-order chi connectivity index (χ0) is 16.8. The summed E-state index contributed by atoms with van der Waals surface area (Å²) in [6.07, 6.45) is 2.36. The van der Waals surface area contributed by atoms with Crippen LogP contribution >= 0.6 is 11.6 Å². The van der Waals surface area contributed by atoms with Gasteiger partial charge in [0.25, 0.3) is 5.91 Å². The molecule has 0 aliphatic carbocycles. The Morgan fingerprint density at radius 1 is 1.35 bits per heavy atom. The van der Waals surface area contributed by atoms with E-state index in [0.717, 1.165) is 11.3 Å². The molecule has 1 aromatic heterocycles. The molecular formula is C18H21ClN2O2. The average Bonchev–Trinajstić information content (AvgIpc) is 2.58. The van der Waals surface area contributed by atoms with Crippen molar-refractivity contribution < 1.29 is 9.90 Å². The summed E-state index contributed by atoms with van der Waals surface area (Å²) in [5.74, 6) is -0.154. The van der Waals surface area contributed by atoms with Gasteiger partial charge in [-0.1, -0.05) is 30.7 Å². The quantitative estimate of drug-likeness (QED) is 0.881. The van der Waals surface area contributed by atoms with E-state index in [1.807, 2.05) is 38.1 Å². The number of aryl methyl sites for hydroxylation is 1. The van der Waals surface area contributed by atoms with Crippen LogP contribution in [0.1, 0.15) is 35.0 Å². The molecule has 0 unspecified atom stereocenters. The summed E-state index contributed by atoms with van der Waals surface area (Å²) < 4.78 is 0. The molecule has 1 N–H and O–H groups in total. The molecule has 0 spiro atoms. The summed E-state index contributed by atoms with van der Waals surface area (Å²) in [7, 11) is 0. The molecule has 4 nitrogen and oxygen atoms in total. The van der Waals surface area contributed by atoms with Gasteiger partial charge in [-0.15, -0.1) is 0 Å². The van der Waals surface area contributed by atoms with Crippen molar-refractivity contribution in [3.8, 4) is 0 Å². The molecule has 2 aromatic rings. The lowest BCUT2D eigenvalue weighted by Crippen LogP contribution is -2.41. The minimum absolute atomic E-state index is 0.0886. The maximum atomic E-state index is 12.9. The zero-order valence-corrected chi connectivity index (χ0v) is 14.1. The fourth-order valence-corrected chi connectivity index (χ4v) is 2.55. The molecule has 2 rings (SSSR count). The second-order valence-electron chi connectivity index (χ2n) is 5.46. The van der Waals surface area contributed by atoms with E-state index in [-0.39, 0.29) is 18.6 Å². The normalized spacial score (nSPS) is 12.0. The standard InChI is InChI=1S/C18H21ClN2O2/c1-3-16(12-22)21(11-15-6-4-5-9-20-15)18(23)14-8-7-13(2)17(19)10-14/h4-10,16,22H,3,11-12H2,1-2H3/t16-/m1/s1. The van der Waals surface area contributed by atoms with E-state index in [1.165, 1.54) is 0 Å². The van der Waals surface area contributed by atoms with Gasteiger partial charge in [0, 0.05) is 16.8 Å². The molecule has 1 heterocycles. The predicted molar refractivity (Wildman–Crippen MR) is 91.5 cm³/mol. The first-order chi connectivity index (χ1) is 11.1. The van der Waals surface area contributed by atoms with Gasteiger partial charge in [-0.25, -0.2) is 0 Å². The lowest BCUT2D eigenvalue weighted by atomic mass is 10.1. The van der Waals surface area contributed by atoms with Crippen LogP contribution in [-0.2, 0) is 6.54 Å². The van der Waals surface area contributed by atoms with Crippen LogP contribution in [0.5, 0.6) is 0 Å². The van der Waals surface area contributed by atoms with Gasteiger partial charge in [0.05, 0.1) is 24.9 Å². The minimum atomic E-state index is -0.260. The number of benzene rings is 1. The molecule has 1 aromatic carbocycles. The van der Waals surface area contributed by atoms with Crippen molar-refractivity contribution in [3.05, 3.63) is 64.4 Å². The smallest absolute Gasteiger partial charge is 0.254 e. The van der Waals surface area contributed by atoms with Crippen LogP contribution in [0.4, 0.5) is 0 Å². The number of aliphatic hydroxyl groups excluding tert-OH is 1. The molecule has 1 atom stereocenters. The number of carbonyl (C=O) groups excluding carboxylic acids is 1. The van der Waals surface area contributed by atoms with E-state index < -0.39 is 0 Å². The third kappa shape index (κ3) is 4.30. The highest BCUT2D eigenvalue weighted by Crippen LogP contribution is 2.20. The number of hydrogen-bond acceptors (Lipinski definition) is 3. The van der Waals surface area contributed by atoms with Crippen LogP contribution in [0.25, 0.3) is 0 Å². The largest absolute Gasteiger partial charge is 0.394 e. The van der Waals surface area contributed by atoms with Gasteiger partial charge in [0.1, 0.15) is 0 Å². The van der Waals surface area contributed by atoms with Gasteiger partial charge in [-0.05, 0) is 43.2 Å². The summed E-state index contributed by atoms with van der Waals surface area (Å²) in [6.45, 7) is 4.10. The van der Waals surface area contributed by atoms with Crippen LogP contribution in [-0.4, -0.2) is 33.5 Å². The summed E-state index contributed by atoms with van der Waals surface area (Å²) in [6, 6.07) is 10.6. The Morgan fingerprint density at radius 2 is 2.13 bits per heavy atom. The Morgan fingerprint density at radius 3 is 2.70 bits per heavy atom. The van der Waals surface area contributed by atoms with Crippen molar-refractivity contribution >= 4 is 17.5 Å². The van der Waals surface area contributed by atoms with E-state index in [1.54, 1.807) is 23.2 Å². The average molecular weight is 333 g/mol. The number of hydrogen-bond donors (Lipinski definition) is 1. The molecule has 0 aliphatic heterocycles. The van der Waals surface area contributed by atoms with Gasteiger partial charge in [-0.2, -0.15) is 0 Å². The third-order valence-electron chi connectivity index (χ3n) is 3.86. The second-order valence-corrected chi connectivity index (χ2v) is 5.87. The highest BCUT2D eigenvalue weighted by atomic mass is 35.5. The highest BCUT2D eigenvalue weighted by molar-refractivity contribution is 6.31. The molecule has 122 valence electrons. The highest BCUT2D eigenvalue weighted by Gasteiger charge is 2.24. The lowest BCUT2D eigenvalue weighted by molar-refractivity contribution is 0.0560. The fourth-order valence-electron chi connectivity index (χ4n) is 2.37. The summed E-state index contributed by atoms with van der Waals surface area (Å²) in [5.41, 5.74) is 2.23. The van der Waals surface area contributed by atoms with Crippen LogP contribution in [0.3, 0.4) is 0 Å². The van der Waals surface area contributed by atoms with E-state index >= 15 is 0 Å². The van der Waals surface area contributed by atoms with E-state index in [2.05, 4.69) is 4.98 Å². The first kappa shape index (κ1) is 17.4. The number of rotatable bonds is 6. The molecule has 5 heteroatoms. The Balaban J connectivity index is 2.31. The molecule has 0 aliphatic rings. The number of carbonyl (C=O) groups is 1. The molecule has 0 radical (unpaired) electrons. The fraction of sp³-hybridized carbons (Fsp3) is 0.333. The maximum absolute atomic E-state index is 12.9. The van der Waals surface area contributed by atoms with Crippen LogP contribution in [0, 0.1) is 6.92 Å². The van der Waals surface area contributed by atoms with Gasteiger partial charge in [0.15, 0.2) is 0 Å². The Labute approximate surface area is 141 Å². The number of amides is 1. The van der Waals surface area contributed by atoms with Gasteiger partial charge < -0.3 is 10.0 Å². The predicted octanol–water partition coefficient (Wildman–Crippen LogP) is 3.46. The van der Waals surface area contributed by atoms with Gasteiger partial charge >= 0.3 is 0 Å². The molecule has 23 heavy (non-hydrogen) atoms. The number of pyridine rings is 1. The summed E-state index contributed by atoms with van der Waals surface area (Å²) in [5, 5.41) is 10.2. The summed E-state index contributed by atoms with van der Waals surface area (Å²) in [4.78, 5) is 18.8. The topological polar surface area (TPSA) is 53.4 Å². The van der Waals surface area contributed by atoms with Crippen molar-refractivity contribution in [2.45, 2.75) is 32.9 Å². The van der Waals surface area contributed by atoms with Crippen molar-refractivity contribution in [2.24, 2.45) is 0 Å². The molecule has 1 amide bonds. The van der Waals surface area contributed by atoms with Crippen molar-refractivity contribution in [2.75, 3.05) is 6.61 Å². The number of aliphatic hydroxyl groups is 1. The molecule has 0 fully saturated rings. The monoisotopic (exact) mass is 332 g/mol. The van der Waals surface area contributed by atoms with E-state index in [4.69, 9.17) is 11.6 Å². The number of aromatic nitrogens is 1. The van der Waals surface area contributed by atoms with E-state index in [0.29, 0.717) is 23.6 Å². The van der Waals surface area contributed by atoms with Crippen molar-refractivity contribution in [3.63, 3.8) is 0 Å². The van der Waals surface area contributed by atoms with E-state index in [9.17, 15) is 9.90 Å². The molecule has 0 bridgehead atoms. The molecule has 0 saturated carbocycles. The van der Waals surface area contributed by atoms with Crippen molar-refractivity contribution in [1.82, 2.24) is 9.88 Å². The zero-order valence-electron chi connectivity index (χ0n) is 13.4. The lowest BCUT2D eigenvalue weighted by Gasteiger charge is -2.30. The Hall–Kier alpha value is -1.91. The Kier molecular flexibility index (Phi) is 6.13. The van der Waals surface area contributed by atoms with Gasteiger partial charge in [-0.3, -0.25) is 9.78 Å².